The van der Waals surface area contributed by atoms with Crippen LogP contribution in [0.3, 0.4) is 0 Å². The van der Waals surface area contributed by atoms with Crippen molar-refractivity contribution in [2.24, 2.45) is 0 Å². The number of methoxy groups -OCH3 is 1. The van der Waals surface area contributed by atoms with Gasteiger partial charge in [0.1, 0.15) is 18.1 Å². The lowest BCUT2D eigenvalue weighted by atomic mass is 10.2. The second kappa shape index (κ2) is 7.79. The van der Waals surface area contributed by atoms with Gasteiger partial charge in [0.2, 0.25) is 11.8 Å². The number of hydrogen-bond donors (Lipinski definition) is 1. The number of benzene rings is 2. The van der Waals surface area contributed by atoms with Crippen LogP contribution >= 0.6 is 11.6 Å². The van der Waals surface area contributed by atoms with Gasteiger partial charge < -0.3 is 15.0 Å². The summed E-state index contributed by atoms with van der Waals surface area (Å²) in [7, 11) is 1.49. The van der Waals surface area contributed by atoms with E-state index in [1.54, 1.807) is 24.3 Å². The van der Waals surface area contributed by atoms with Gasteiger partial charge >= 0.3 is 0 Å². The first-order chi connectivity index (χ1) is 11.4. The monoisotopic (exact) mass is 350 g/mol. The zero-order valence-corrected chi connectivity index (χ0v) is 13.9. The van der Waals surface area contributed by atoms with Crippen LogP contribution in [0.4, 0.5) is 15.8 Å². The van der Waals surface area contributed by atoms with E-state index in [0.29, 0.717) is 17.1 Å². The van der Waals surface area contributed by atoms with E-state index >= 15 is 0 Å². The summed E-state index contributed by atoms with van der Waals surface area (Å²) >= 11 is 5.74. The summed E-state index contributed by atoms with van der Waals surface area (Å²) in [5.74, 6) is -0.879. The molecule has 2 amide bonds. The Hall–Kier alpha value is -2.60. The highest BCUT2D eigenvalue weighted by Gasteiger charge is 2.18. The zero-order chi connectivity index (χ0) is 17.7. The molecule has 0 aliphatic heterocycles. The van der Waals surface area contributed by atoms with Crippen molar-refractivity contribution in [2.75, 3.05) is 23.9 Å². The van der Waals surface area contributed by atoms with Gasteiger partial charge in [0.15, 0.2) is 0 Å². The van der Waals surface area contributed by atoms with Crippen molar-refractivity contribution in [1.82, 2.24) is 0 Å². The number of halogens is 2. The molecule has 126 valence electrons. The average Bonchev–Trinajstić information content (AvgIpc) is 2.55. The number of carbonyl (C=O) groups is 2. The normalized spacial score (nSPS) is 10.2. The lowest BCUT2D eigenvalue weighted by Crippen LogP contribution is -2.36. The van der Waals surface area contributed by atoms with Gasteiger partial charge in [-0.25, -0.2) is 4.39 Å². The Kier molecular flexibility index (Phi) is 5.76. The Morgan fingerprint density at radius 2 is 1.96 bits per heavy atom. The maximum atomic E-state index is 13.3. The number of amides is 2. The van der Waals surface area contributed by atoms with Gasteiger partial charge in [-0.05, 0) is 30.3 Å². The minimum atomic E-state index is -0.595. The van der Waals surface area contributed by atoms with Gasteiger partial charge in [0, 0.05) is 12.6 Å². The maximum absolute atomic E-state index is 13.3. The predicted octanol–water partition coefficient (Wildman–Crippen LogP) is 3.48. The van der Waals surface area contributed by atoms with Crippen LogP contribution in [0.5, 0.6) is 5.75 Å². The van der Waals surface area contributed by atoms with Crippen LogP contribution in [-0.2, 0) is 9.59 Å². The standard InChI is InChI=1S/C17H16ClFN2O3/c1-11(22)21(12-7-8-14(19)13(18)9-12)10-17(23)20-15-5-3-4-6-16(15)24-2/h3-9H,10H2,1-2H3,(H,20,23). The Morgan fingerprint density at radius 3 is 2.58 bits per heavy atom. The first-order valence-corrected chi connectivity index (χ1v) is 7.46. The topological polar surface area (TPSA) is 58.6 Å². The third-order valence-corrected chi connectivity index (χ3v) is 3.57. The molecular weight excluding hydrogens is 335 g/mol. The molecular formula is C17H16ClFN2O3. The van der Waals surface area contributed by atoms with Gasteiger partial charge in [-0.2, -0.15) is 0 Å². The number of carbonyl (C=O) groups excluding carboxylic acids is 2. The summed E-state index contributed by atoms with van der Waals surface area (Å²) in [6, 6.07) is 10.7. The van der Waals surface area contributed by atoms with Crippen LogP contribution in [0.2, 0.25) is 5.02 Å². The van der Waals surface area contributed by atoms with E-state index in [4.69, 9.17) is 16.3 Å². The highest BCUT2D eigenvalue weighted by atomic mass is 35.5. The fourth-order valence-corrected chi connectivity index (χ4v) is 2.29. The van der Waals surface area contributed by atoms with Gasteiger partial charge in [-0.3, -0.25) is 9.59 Å². The quantitative estimate of drug-likeness (QED) is 0.898. The van der Waals surface area contributed by atoms with Gasteiger partial charge in [0.25, 0.3) is 0 Å². The SMILES string of the molecule is COc1ccccc1NC(=O)CN(C(C)=O)c1ccc(F)c(Cl)c1. The van der Waals surface area contributed by atoms with E-state index in [9.17, 15) is 14.0 Å². The molecule has 0 aliphatic carbocycles. The number of para-hydroxylation sites is 2. The Bertz CT molecular complexity index is 767. The summed E-state index contributed by atoms with van der Waals surface area (Å²) in [6.45, 7) is 1.07. The van der Waals surface area contributed by atoms with Crippen molar-refractivity contribution in [3.8, 4) is 5.75 Å². The molecule has 0 bridgehead atoms. The van der Waals surface area contributed by atoms with Crippen LogP contribution in [0.15, 0.2) is 42.5 Å². The fraction of sp³-hybridized carbons (Fsp3) is 0.176. The summed E-state index contributed by atoms with van der Waals surface area (Å²) in [5.41, 5.74) is 0.828. The molecule has 24 heavy (non-hydrogen) atoms. The number of nitrogens with one attached hydrogen (secondary N) is 1. The molecule has 0 radical (unpaired) electrons. The van der Waals surface area contributed by atoms with E-state index in [-0.39, 0.29) is 17.5 Å². The van der Waals surface area contributed by atoms with Gasteiger partial charge in [-0.15, -0.1) is 0 Å². The minimum absolute atomic E-state index is 0.121. The Morgan fingerprint density at radius 1 is 1.25 bits per heavy atom. The van der Waals surface area contributed by atoms with Crippen molar-refractivity contribution in [2.45, 2.75) is 6.92 Å². The molecule has 0 saturated carbocycles. The molecule has 7 heteroatoms. The Labute approximate surface area is 144 Å². The molecule has 0 unspecified atom stereocenters. The van der Waals surface area contributed by atoms with Crippen molar-refractivity contribution in [3.05, 3.63) is 53.3 Å². The van der Waals surface area contributed by atoms with Crippen LogP contribution in [0.25, 0.3) is 0 Å². The maximum Gasteiger partial charge on any atom is 0.244 e. The van der Waals surface area contributed by atoms with Gasteiger partial charge in [0.05, 0.1) is 17.8 Å². The third kappa shape index (κ3) is 4.23. The van der Waals surface area contributed by atoms with Crippen molar-refractivity contribution in [1.29, 1.82) is 0 Å². The van der Waals surface area contributed by atoms with Crippen LogP contribution < -0.4 is 15.0 Å². The van der Waals surface area contributed by atoms with Crippen molar-refractivity contribution in [3.63, 3.8) is 0 Å². The van der Waals surface area contributed by atoms with E-state index in [2.05, 4.69) is 5.32 Å². The molecule has 0 fully saturated rings. The molecule has 0 aromatic heterocycles. The first kappa shape index (κ1) is 17.7. The summed E-state index contributed by atoms with van der Waals surface area (Å²) in [4.78, 5) is 25.3. The highest BCUT2D eigenvalue weighted by molar-refractivity contribution is 6.31. The van der Waals surface area contributed by atoms with E-state index < -0.39 is 11.7 Å². The molecule has 0 aliphatic rings. The summed E-state index contributed by atoms with van der Waals surface area (Å²) in [6.07, 6.45) is 0. The van der Waals surface area contributed by atoms with Crippen LogP contribution in [0.1, 0.15) is 6.92 Å². The average molecular weight is 351 g/mol. The van der Waals surface area contributed by atoms with Crippen molar-refractivity contribution >= 4 is 34.8 Å². The molecule has 2 rings (SSSR count). The molecule has 2 aromatic rings. The summed E-state index contributed by atoms with van der Waals surface area (Å²) in [5, 5.41) is 2.56. The largest absolute Gasteiger partial charge is 0.495 e. The lowest BCUT2D eigenvalue weighted by Gasteiger charge is -2.21. The Balaban J connectivity index is 2.17. The van der Waals surface area contributed by atoms with Crippen molar-refractivity contribution < 1.29 is 18.7 Å². The molecule has 0 atom stereocenters. The fourth-order valence-electron chi connectivity index (χ4n) is 2.12. The van der Waals surface area contributed by atoms with Crippen LogP contribution in [-0.4, -0.2) is 25.5 Å². The third-order valence-electron chi connectivity index (χ3n) is 3.28. The van der Waals surface area contributed by atoms with E-state index in [1.165, 1.54) is 31.1 Å². The van der Waals surface area contributed by atoms with Gasteiger partial charge in [-0.1, -0.05) is 23.7 Å². The number of ether oxygens (including phenoxy) is 1. The molecule has 5 nitrogen and oxygen atoms in total. The number of anilines is 2. The molecule has 0 spiro atoms. The minimum Gasteiger partial charge on any atom is -0.495 e. The number of nitrogens with zero attached hydrogens (tertiary/aromatic N) is 1. The summed E-state index contributed by atoms with van der Waals surface area (Å²) < 4.78 is 18.4. The number of hydrogen-bond acceptors (Lipinski definition) is 3. The van der Waals surface area contributed by atoms with Crippen LogP contribution in [0, 0.1) is 5.82 Å². The zero-order valence-electron chi connectivity index (χ0n) is 13.2. The number of rotatable bonds is 5. The lowest BCUT2D eigenvalue weighted by molar-refractivity contribution is -0.120. The second-order valence-corrected chi connectivity index (χ2v) is 5.36. The first-order valence-electron chi connectivity index (χ1n) is 7.08. The molecule has 1 N–H and O–H groups in total. The smallest absolute Gasteiger partial charge is 0.244 e. The van der Waals surface area contributed by atoms with E-state index in [1.807, 2.05) is 0 Å². The predicted molar refractivity (Wildman–Crippen MR) is 91.1 cm³/mol. The molecule has 0 saturated heterocycles. The second-order valence-electron chi connectivity index (χ2n) is 4.95. The van der Waals surface area contributed by atoms with E-state index in [0.717, 1.165) is 6.07 Å². The highest BCUT2D eigenvalue weighted by Crippen LogP contribution is 2.25. The molecule has 0 heterocycles. The molecule has 2 aromatic carbocycles.